The number of ether oxygens (including phenoxy) is 2. The fraction of sp³-hybridized carbons (Fsp3) is 0.821. The first-order chi connectivity index (χ1) is 15.8. The summed E-state index contributed by atoms with van der Waals surface area (Å²) < 4.78 is 10.1. The SMILES string of the molecule is CC1CC2C3CC(C)[C@](C)(C(=O)CC4COC(=O)O4)[C@@]3(C)C[C@H](O)C2(C)[C@@]2(C)CCC(=O)C=C12. The molecule has 34 heavy (non-hydrogen) atoms. The number of ketones is 2. The van der Waals surface area contributed by atoms with Crippen LogP contribution in [0.1, 0.15) is 80.1 Å². The second kappa shape index (κ2) is 7.41. The van der Waals surface area contributed by atoms with Gasteiger partial charge in [0, 0.05) is 23.7 Å². The molecule has 6 nitrogen and oxygen atoms in total. The molecule has 6 heteroatoms. The van der Waals surface area contributed by atoms with Crippen molar-refractivity contribution in [2.75, 3.05) is 6.61 Å². The number of Topliss-reactive ketones (excluding diaryl/α,β-unsaturated/α-hetero) is 1. The fourth-order valence-electron chi connectivity index (χ4n) is 9.44. The molecule has 0 aromatic heterocycles. The zero-order chi connectivity index (χ0) is 24.8. The van der Waals surface area contributed by atoms with E-state index in [2.05, 4.69) is 41.5 Å². The van der Waals surface area contributed by atoms with E-state index in [1.54, 1.807) is 0 Å². The summed E-state index contributed by atoms with van der Waals surface area (Å²) in [5.74, 6) is 1.36. The van der Waals surface area contributed by atoms with Gasteiger partial charge in [0.2, 0.25) is 0 Å². The summed E-state index contributed by atoms with van der Waals surface area (Å²) in [6.07, 6.45) is 4.05. The molecule has 4 aliphatic carbocycles. The number of hydrogen-bond acceptors (Lipinski definition) is 6. The molecule has 6 unspecified atom stereocenters. The van der Waals surface area contributed by atoms with Crippen molar-refractivity contribution < 1.29 is 29.0 Å². The average molecular weight is 473 g/mol. The molecular weight excluding hydrogens is 432 g/mol. The number of aliphatic hydroxyl groups is 1. The number of allylic oxidation sites excluding steroid dienone is 1. The number of hydrogen-bond donors (Lipinski definition) is 1. The first kappa shape index (κ1) is 24.0. The molecule has 5 rings (SSSR count). The van der Waals surface area contributed by atoms with Gasteiger partial charge < -0.3 is 14.6 Å². The molecule has 0 aromatic carbocycles. The van der Waals surface area contributed by atoms with Crippen LogP contribution in [-0.4, -0.2) is 41.6 Å². The molecular formula is C28H40O6. The van der Waals surface area contributed by atoms with E-state index in [9.17, 15) is 19.5 Å². The van der Waals surface area contributed by atoms with Crippen molar-refractivity contribution in [3.05, 3.63) is 11.6 Å². The Balaban J connectivity index is 1.53. The number of carbonyl (C=O) groups is 3. The summed E-state index contributed by atoms with van der Waals surface area (Å²) in [7, 11) is 0. The van der Waals surface area contributed by atoms with E-state index in [-0.39, 0.29) is 58.6 Å². The van der Waals surface area contributed by atoms with Gasteiger partial charge in [0.15, 0.2) is 5.78 Å². The van der Waals surface area contributed by atoms with Crippen LogP contribution >= 0.6 is 0 Å². The van der Waals surface area contributed by atoms with Gasteiger partial charge in [-0.15, -0.1) is 0 Å². The Hall–Kier alpha value is -1.69. The summed E-state index contributed by atoms with van der Waals surface area (Å²) in [6.45, 7) is 13.4. The van der Waals surface area contributed by atoms with E-state index in [1.807, 2.05) is 6.08 Å². The molecule has 4 fully saturated rings. The highest BCUT2D eigenvalue weighted by Gasteiger charge is 2.73. The first-order valence-corrected chi connectivity index (χ1v) is 13.1. The lowest BCUT2D eigenvalue weighted by Gasteiger charge is -2.68. The lowest BCUT2D eigenvalue weighted by molar-refractivity contribution is -0.206. The van der Waals surface area contributed by atoms with Gasteiger partial charge in [0.1, 0.15) is 18.5 Å². The van der Waals surface area contributed by atoms with Crippen LogP contribution in [-0.2, 0) is 19.1 Å². The molecule has 10 atom stereocenters. The van der Waals surface area contributed by atoms with Crippen molar-refractivity contribution in [2.45, 2.75) is 92.3 Å². The lowest BCUT2D eigenvalue weighted by Crippen LogP contribution is -2.65. The van der Waals surface area contributed by atoms with Gasteiger partial charge in [-0.05, 0) is 66.3 Å². The van der Waals surface area contributed by atoms with Crippen LogP contribution in [0.5, 0.6) is 0 Å². The molecule has 3 saturated carbocycles. The van der Waals surface area contributed by atoms with Crippen LogP contribution in [0.15, 0.2) is 11.6 Å². The van der Waals surface area contributed by atoms with Gasteiger partial charge in [-0.2, -0.15) is 0 Å². The van der Waals surface area contributed by atoms with Crippen LogP contribution in [0.2, 0.25) is 0 Å². The molecule has 0 amide bonds. The maximum Gasteiger partial charge on any atom is 0.508 e. The number of aliphatic hydroxyl groups excluding tert-OH is 1. The minimum atomic E-state index is -0.699. The van der Waals surface area contributed by atoms with Crippen molar-refractivity contribution >= 4 is 17.7 Å². The topological polar surface area (TPSA) is 89.9 Å². The normalized spacial score (nSPS) is 52.1. The third-order valence-electron chi connectivity index (χ3n) is 12.0. The molecule has 188 valence electrons. The fourth-order valence-corrected chi connectivity index (χ4v) is 9.44. The third kappa shape index (κ3) is 2.81. The Morgan fingerprint density at radius 1 is 1.12 bits per heavy atom. The number of carbonyl (C=O) groups excluding carboxylic acids is 3. The molecule has 1 N–H and O–H groups in total. The van der Waals surface area contributed by atoms with E-state index >= 15 is 0 Å². The summed E-state index contributed by atoms with van der Waals surface area (Å²) in [5.41, 5.74) is -0.293. The van der Waals surface area contributed by atoms with Gasteiger partial charge in [-0.25, -0.2) is 4.79 Å². The largest absolute Gasteiger partial charge is 0.508 e. The summed E-state index contributed by atoms with van der Waals surface area (Å²) >= 11 is 0. The highest BCUT2D eigenvalue weighted by atomic mass is 16.8. The van der Waals surface area contributed by atoms with Gasteiger partial charge in [-0.1, -0.05) is 47.1 Å². The zero-order valence-electron chi connectivity index (χ0n) is 21.5. The van der Waals surface area contributed by atoms with Crippen molar-refractivity contribution in [1.82, 2.24) is 0 Å². The summed E-state index contributed by atoms with van der Waals surface area (Å²) in [5, 5.41) is 11.9. The second-order valence-corrected chi connectivity index (χ2v) is 12.9. The van der Waals surface area contributed by atoms with Crippen molar-refractivity contribution in [3.8, 4) is 0 Å². The van der Waals surface area contributed by atoms with E-state index in [0.717, 1.165) is 19.3 Å². The minimum absolute atomic E-state index is 0.114. The third-order valence-corrected chi connectivity index (χ3v) is 12.0. The van der Waals surface area contributed by atoms with E-state index in [1.165, 1.54) is 5.57 Å². The molecule has 1 aliphatic heterocycles. The lowest BCUT2D eigenvalue weighted by atomic mass is 9.37. The minimum Gasteiger partial charge on any atom is -0.430 e. The van der Waals surface area contributed by atoms with Gasteiger partial charge in [-0.3, -0.25) is 9.59 Å². The molecule has 0 bridgehead atoms. The smallest absolute Gasteiger partial charge is 0.430 e. The highest BCUT2D eigenvalue weighted by Crippen LogP contribution is 2.75. The Morgan fingerprint density at radius 2 is 1.82 bits per heavy atom. The van der Waals surface area contributed by atoms with Gasteiger partial charge in [0.05, 0.1) is 6.10 Å². The van der Waals surface area contributed by atoms with Crippen LogP contribution in [0.4, 0.5) is 4.79 Å². The molecule has 1 heterocycles. The Labute approximate surface area is 202 Å². The van der Waals surface area contributed by atoms with E-state index in [4.69, 9.17) is 9.47 Å². The second-order valence-electron chi connectivity index (χ2n) is 12.9. The molecule has 5 aliphatic rings. The Bertz CT molecular complexity index is 970. The van der Waals surface area contributed by atoms with Crippen LogP contribution < -0.4 is 0 Å². The molecule has 0 radical (unpaired) electrons. The quantitative estimate of drug-likeness (QED) is 0.589. The Morgan fingerprint density at radius 3 is 2.47 bits per heavy atom. The monoisotopic (exact) mass is 472 g/mol. The van der Waals surface area contributed by atoms with Crippen molar-refractivity contribution in [3.63, 3.8) is 0 Å². The summed E-state index contributed by atoms with van der Waals surface area (Å²) in [4.78, 5) is 37.6. The highest BCUT2D eigenvalue weighted by molar-refractivity contribution is 5.92. The number of fused-ring (bicyclic) bond motifs is 5. The maximum atomic E-state index is 13.9. The standard InChI is InChI=1S/C28H40O6/c1-15-9-21-20-10-16(2)27(5,22(30)12-18-14-33-24(32)34-18)26(20,4)13-23(31)28(21,6)25(3)8-7-17(29)11-19(15)25/h11,15-16,18,20-21,23,31H,7-10,12-14H2,1-6H3/t15?,16?,18?,20?,21?,23-,25-,26-,27+,28?/m0/s1. The van der Waals surface area contributed by atoms with Crippen LogP contribution in [0.25, 0.3) is 0 Å². The maximum absolute atomic E-state index is 13.9. The van der Waals surface area contributed by atoms with Gasteiger partial charge >= 0.3 is 6.16 Å². The van der Waals surface area contributed by atoms with Crippen molar-refractivity contribution in [1.29, 1.82) is 0 Å². The zero-order valence-corrected chi connectivity index (χ0v) is 21.5. The van der Waals surface area contributed by atoms with Crippen molar-refractivity contribution in [2.24, 2.45) is 45.3 Å². The average Bonchev–Trinajstić information content (AvgIpc) is 3.26. The van der Waals surface area contributed by atoms with E-state index in [0.29, 0.717) is 18.8 Å². The van der Waals surface area contributed by atoms with Gasteiger partial charge in [0.25, 0.3) is 0 Å². The van der Waals surface area contributed by atoms with E-state index < -0.39 is 23.8 Å². The van der Waals surface area contributed by atoms with Crippen LogP contribution in [0.3, 0.4) is 0 Å². The number of cyclic esters (lactones) is 2. The Kier molecular flexibility index (Phi) is 5.23. The number of rotatable bonds is 3. The van der Waals surface area contributed by atoms with Crippen LogP contribution in [0, 0.1) is 45.3 Å². The predicted octanol–water partition coefficient (Wildman–Crippen LogP) is 4.87. The molecule has 0 spiro atoms. The predicted molar refractivity (Wildman–Crippen MR) is 126 cm³/mol. The summed E-state index contributed by atoms with van der Waals surface area (Å²) in [6, 6.07) is 0. The molecule has 1 saturated heterocycles. The first-order valence-electron chi connectivity index (χ1n) is 13.1. The molecule has 0 aromatic rings.